The molecule has 110 valence electrons. The van der Waals surface area contributed by atoms with Crippen molar-refractivity contribution < 1.29 is 9.18 Å². The number of halogens is 1. The maximum Gasteiger partial charge on any atom is 0.237 e. The fraction of sp³-hybridized carbons (Fsp3) is 0.562. The van der Waals surface area contributed by atoms with E-state index in [0.29, 0.717) is 0 Å². The molecule has 20 heavy (non-hydrogen) atoms. The summed E-state index contributed by atoms with van der Waals surface area (Å²) in [6.07, 6.45) is 3.11. The van der Waals surface area contributed by atoms with E-state index in [2.05, 4.69) is 24.5 Å². The molecule has 0 spiro atoms. The number of rotatable bonds is 4. The summed E-state index contributed by atoms with van der Waals surface area (Å²) in [6.45, 7) is 5.02. The van der Waals surface area contributed by atoms with Gasteiger partial charge in [0.05, 0.1) is 12.1 Å². The van der Waals surface area contributed by atoms with Crippen LogP contribution < -0.4 is 10.6 Å². The molecule has 1 saturated heterocycles. The highest BCUT2D eigenvalue weighted by atomic mass is 19.1. The van der Waals surface area contributed by atoms with Crippen molar-refractivity contribution in [2.45, 2.75) is 45.2 Å². The topological polar surface area (TPSA) is 41.1 Å². The van der Waals surface area contributed by atoms with Crippen LogP contribution in [0.25, 0.3) is 0 Å². The van der Waals surface area contributed by atoms with E-state index in [4.69, 9.17) is 0 Å². The van der Waals surface area contributed by atoms with Crippen molar-refractivity contribution in [1.82, 2.24) is 10.6 Å². The van der Waals surface area contributed by atoms with Gasteiger partial charge in [0, 0.05) is 0 Å². The Labute approximate surface area is 120 Å². The fourth-order valence-corrected chi connectivity index (χ4v) is 2.63. The van der Waals surface area contributed by atoms with E-state index >= 15 is 0 Å². The third-order valence-electron chi connectivity index (χ3n) is 3.82. The van der Waals surface area contributed by atoms with Crippen molar-refractivity contribution in [3.8, 4) is 0 Å². The van der Waals surface area contributed by atoms with Crippen molar-refractivity contribution in [2.24, 2.45) is 5.92 Å². The summed E-state index contributed by atoms with van der Waals surface area (Å²) >= 11 is 0. The van der Waals surface area contributed by atoms with Gasteiger partial charge in [-0.25, -0.2) is 4.39 Å². The third-order valence-corrected chi connectivity index (χ3v) is 3.82. The molecule has 1 aliphatic rings. The Kier molecular flexibility index (Phi) is 5.12. The molecule has 1 aromatic carbocycles. The SMILES string of the molecule is CC(C)C(NC(=O)[C@@H]1CCCCN1)c1ccc(F)cc1. The van der Waals surface area contributed by atoms with Crippen molar-refractivity contribution in [3.63, 3.8) is 0 Å². The average Bonchev–Trinajstić information content (AvgIpc) is 2.46. The summed E-state index contributed by atoms with van der Waals surface area (Å²) in [5, 5.41) is 6.35. The molecule has 2 rings (SSSR count). The van der Waals surface area contributed by atoms with E-state index in [0.717, 1.165) is 31.4 Å². The lowest BCUT2D eigenvalue weighted by molar-refractivity contribution is -0.124. The summed E-state index contributed by atoms with van der Waals surface area (Å²) in [5.74, 6) is 0.0530. The molecule has 1 unspecified atom stereocenters. The summed E-state index contributed by atoms with van der Waals surface area (Å²) in [6, 6.07) is 6.20. The van der Waals surface area contributed by atoms with Crippen LogP contribution in [-0.4, -0.2) is 18.5 Å². The van der Waals surface area contributed by atoms with Crippen molar-refractivity contribution in [3.05, 3.63) is 35.6 Å². The average molecular weight is 278 g/mol. The first kappa shape index (κ1) is 15.0. The molecule has 2 atom stereocenters. The van der Waals surface area contributed by atoms with Gasteiger partial charge >= 0.3 is 0 Å². The number of benzene rings is 1. The van der Waals surface area contributed by atoms with E-state index in [1.165, 1.54) is 12.1 Å². The molecular formula is C16H23FN2O. The number of piperidine rings is 1. The van der Waals surface area contributed by atoms with Crippen LogP contribution >= 0.6 is 0 Å². The first-order valence-corrected chi connectivity index (χ1v) is 7.37. The minimum absolute atomic E-state index is 0.0488. The zero-order valence-corrected chi connectivity index (χ0v) is 12.2. The standard InChI is InChI=1S/C16H23FN2O/c1-11(2)15(12-6-8-13(17)9-7-12)19-16(20)14-5-3-4-10-18-14/h6-9,11,14-15,18H,3-5,10H2,1-2H3,(H,19,20)/t14-,15?/m0/s1. The van der Waals surface area contributed by atoms with Crippen molar-refractivity contribution >= 4 is 5.91 Å². The number of carbonyl (C=O) groups excluding carboxylic acids is 1. The van der Waals surface area contributed by atoms with Crippen molar-refractivity contribution in [1.29, 1.82) is 0 Å². The van der Waals surface area contributed by atoms with E-state index in [1.807, 2.05) is 0 Å². The minimum atomic E-state index is -0.253. The molecule has 4 heteroatoms. The Morgan fingerprint density at radius 3 is 2.55 bits per heavy atom. The smallest absolute Gasteiger partial charge is 0.237 e. The van der Waals surface area contributed by atoms with E-state index < -0.39 is 0 Å². The van der Waals surface area contributed by atoms with E-state index in [-0.39, 0.29) is 29.7 Å². The van der Waals surface area contributed by atoms with Gasteiger partial charge in [0.15, 0.2) is 0 Å². The molecule has 1 aliphatic heterocycles. The highest BCUT2D eigenvalue weighted by molar-refractivity contribution is 5.82. The van der Waals surface area contributed by atoms with Gasteiger partial charge in [-0.2, -0.15) is 0 Å². The predicted octanol–water partition coefficient (Wildman–Crippen LogP) is 2.78. The molecule has 0 bridgehead atoms. The summed E-state index contributed by atoms with van der Waals surface area (Å²) in [7, 11) is 0. The molecule has 3 nitrogen and oxygen atoms in total. The molecular weight excluding hydrogens is 255 g/mol. The molecule has 2 N–H and O–H groups in total. The Bertz CT molecular complexity index is 438. The van der Waals surface area contributed by atoms with Gasteiger partial charge in [-0.3, -0.25) is 4.79 Å². The fourth-order valence-electron chi connectivity index (χ4n) is 2.63. The van der Waals surface area contributed by atoms with Gasteiger partial charge in [-0.1, -0.05) is 32.4 Å². The molecule has 0 aromatic heterocycles. The second-order valence-corrected chi connectivity index (χ2v) is 5.78. The lowest BCUT2D eigenvalue weighted by Gasteiger charge is -2.28. The normalized spacial score (nSPS) is 20.7. The summed E-state index contributed by atoms with van der Waals surface area (Å²) < 4.78 is 13.0. The van der Waals surface area contributed by atoms with Gasteiger partial charge in [-0.05, 0) is 43.0 Å². The Morgan fingerprint density at radius 1 is 1.30 bits per heavy atom. The Balaban J connectivity index is 2.05. The predicted molar refractivity (Wildman–Crippen MR) is 77.8 cm³/mol. The Hall–Kier alpha value is -1.42. The van der Waals surface area contributed by atoms with Crippen LogP contribution in [0.1, 0.15) is 44.7 Å². The van der Waals surface area contributed by atoms with Crippen LogP contribution in [0.3, 0.4) is 0 Å². The molecule has 1 aromatic rings. The second-order valence-electron chi connectivity index (χ2n) is 5.78. The largest absolute Gasteiger partial charge is 0.348 e. The quantitative estimate of drug-likeness (QED) is 0.889. The number of hydrogen-bond acceptors (Lipinski definition) is 2. The molecule has 1 amide bonds. The van der Waals surface area contributed by atoms with Gasteiger partial charge in [0.25, 0.3) is 0 Å². The first-order chi connectivity index (χ1) is 9.58. The molecule has 0 radical (unpaired) electrons. The third kappa shape index (κ3) is 3.79. The monoisotopic (exact) mass is 278 g/mol. The van der Waals surface area contributed by atoms with Gasteiger partial charge in [-0.15, -0.1) is 0 Å². The number of carbonyl (C=O) groups is 1. The maximum atomic E-state index is 13.0. The number of hydrogen-bond donors (Lipinski definition) is 2. The zero-order valence-electron chi connectivity index (χ0n) is 12.2. The van der Waals surface area contributed by atoms with Crippen LogP contribution in [0, 0.1) is 11.7 Å². The van der Waals surface area contributed by atoms with Gasteiger partial charge in [0.2, 0.25) is 5.91 Å². The maximum absolute atomic E-state index is 13.0. The lowest BCUT2D eigenvalue weighted by Crippen LogP contribution is -2.48. The summed E-state index contributed by atoms with van der Waals surface area (Å²) in [5.41, 5.74) is 0.950. The molecule has 1 fully saturated rings. The highest BCUT2D eigenvalue weighted by Gasteiger charge is 2.25. The molecule has 1 heterocycles. The van der Waals surface area contributed by atoms with Crippen LogP contribution in [0.2, 0.25) is 0 Å². The van der Waals surface area contributed by atoms with Crippen LogP contribution in [0.15, 0.2) is 24.3 Å². The lowest BCUT2D eigenvalue weighted by atomic mass is 9.95. The Morgan fingerprint density at radius 2 is 2.00 bits per heavy atom. The second kappa shape index (κ2) is 6.84. The van der Waals surface area contributed by atoms with E-state index in [9.17, 15) is 9.18 Å². The van der Waals surface area contributed by atoms with Gasteiger partial charge < -0.3 is 10.6 Å². The summed E-state index contributed by atoms with van der Waals surface area (Å²) in [4.78, 5) is 12.3. The molecule has 0 aliphatic carbocycles. The van der Waals surface area contributed by atoms with Crippen LogP contribution in [0.5, 0.6) is 0 Å². The first-order valence-electron chi connectivity index (χ1n) is 7.37. The van der Waals surface area contributed by atoms with E-state index in [1.54, 1.807) is 12.1 Å². The number of nitrogens with one attached hydrogen (secondary N) is 2. The highest BCUT2D eigenvalue weighted by Crippen LogP contribution is 2.22. The van der Waals surface area contributed by atoms with Crippen LogP contribution in [-0.2, 0) is 4.79 Å². The molecule has 0 saturated carbocycles. The zero-order chi connectivity index (χ0) is 14.5. The van der Waals surface area contributed by atoms with Gasteiger partial charge in [0.1, 0.15) is 5.82 Å². The van der Waals surface area contributed by atoms with Crippen LogP contribution in [0.4, 0.5) is 4.39 Å². The minimum Gasteiger partial charge on any atom is -0.348 e. The van der Waals surface area contributed by atoms with Crippen molar-refractivity contribution in [2.75, 3.05) is 6.54 Å². The number of amides is 1.